The number of para-hydroxylation sites is 1. The number of hydrogen-bond donors (Lipinski definition) is 0. The molecule has 5 nitrogen and oxygen atoms in total. The molecule has 2 aromatic rings. The van der Waals surface area contributed by atoms with Crippen molar-refractivity contribution in [2.45, 2.75) is 13.4 Å². The van der Waals surface area contributed by atoms with E-state index in [1.54, 1.807) is 30.3 Å². The third-order valence-corrected chi connectivity index (χ3v) is 2.91. The Morgan fingerprint density at radius 3 is 1.82 bits per heavy atom. The van der Waals surface area contributed by atoms with Gasteiger partial charge >= 0.3 is 15.8 Å². The van der Waals surface area contributed by atoms with Crippen molar-refractivity contribution in [1.82, 2.24) is 0 Å². The van der Waals surface area contributed by atoms with Gasteiger partial charge in [0.05, 0.1) is 0 Å². The number of benzene rings is 2. The van der Waals surface area contributed by atoms with Crippen LogP contribution in [0, 0.1) is 6.92 Å². The number of rotatable bonds is 5. The van der Waals surface area contributed by atoms with E-state index in [2.05, 4.69) is 28.0 Å². The molecule has 0 heterocycles. The number of aryl methyl sites for hydroxylation is 1. The minimum atomic E-state index is -4.13. The Hall–Kier alpha value is -1.60. The zero-order valence-electron chi connectivity index (χ0n) is 12.2. The summed E-state index contributed by atoms with van der Waals surface area (Å²) in [4.78, 5) is 0. The number of halogens is 1. The van der Waals surface area contributed by atoms with Gasteiger partial charge in [-0.2, -0.15) is 12.6 Å². The van der Waals surface area contributed by atoms with Gasteiger partial charge in [-0.3, -0.25) is 0 Å². The van der Waals surface area contributed by atoms with E-state index in [1.165, 1.54) is 12.7 Å². The second-order valence-electron chi connectivity index (χ2n) is 4.10. The van der Waals surface area contributed by atoms with Gasteiger partial charge in [0.25, 0.3) is 0 Å². The molecule has 0 aliphatic carbocycles. The lowest BCUT2D eigenvalue weighted by atomic mass is 10.2. The number of hydrogen-bond acceptors (Lipinski definition) is 5. The van der Waals surface area contributed by atoms with Crippen LogP contribution in [0.2, 0.25) is 0 Å². The van der Waals surface area contributed by atoms with Crippen LogP contribution in [0.3, 0.4) is 0 Å². The Kier molecular flexibility index (Phi) is 7.90. The largest absolute Gasteiger partial charge is 0.440 e. The van der Waals surface area contributed by atoms with Crippen LogP contribution in [-0.2, 0) is 18.3 Å². The van der Waals surface area contributed by atoms with Crippen molar-refractivity contribution >= 4 is 20.0 Å². The molecule has 0 aromatic heterocycles. The zero-order chi connectivity index (χ0) is 16.4. The summed E-state index contributed by atoms with van der Waals surface area (Å²) >= 11 is 0. The molecular formula is C15H17ClO5S. The summed E-state index contributed by atoms with van der Waals surface area (Å²) in [5, 5.41) is 0. The Labute approximate surface area is 135 Å². The van der Waals surface area contributed by atoms with Gasteiger partial charge in [0.15, 0.2) is 0 Å². The fourth-order valence-corrected chi connectivity index (χ4v) is 1.83. The fourth-order valence-electron chi connectivity index (χ4n) is 1.35. The third kappa shape index (κ3) is 8.63. The van der Waals surface area contributed by atoms with Gasteiger partial charge in [-0.25, -0.2) is 0 Å². The maximum Gasteiger partial charge on any atom is 0.360 e. The van der Waals surface area contributed by atoms with Crippen LogP contribution in [0.5, 0.6) is 5.75 Å². The van der Waals surface area contributed by atoms with Gasteiger partial charge in [-0.1, -0.05) is 54.1 Å². The molecule has 0 spiro atoms. The lowest BCUT2D eigenvalue weighted by molar-refractivity contribution is -0.177. The van der Waals surface area contributed by atoms with Gasteiger partial charge in [0.2, 0.25) is 0 Å². The minimum absolute atomic E-state index is 0.407. The summed E-state index contributed by atoms with van der Waals surface area (Å²) in [5.74, 6) is 0.407. The first-order chi connectivity index (χ1) is 10.4. The fraction of sp³-hybridized carbons (Fsp3) is 0.200. The van der Waals surface area contributed by atoms with E-state index in [0.29, 0.717) is 5.75 Å². The van der Waals surface area contributed by atoms with Crippen LogP contribution < -0.4 is 4.74 Å². The number of ether oxygens (including phenoxy) is 2. The summed E-state index contributed by atoms with van der Waals surface area (Å²) < 4.78 is 35.1. The van der Waals surface area contributed by atoms with Crippen LogP contribution >= 0.6 is 10.7 Å². The maximum atomic E-state index is 10.6. The summed E-state index contributed by atoms with van der Waals surface area (Å²) in [6, 6.07) is 18.7. The van der Waals surface area contributed by atoms with Crippen molar-refractivity contribution < 1.29 is 22.1 Å². The van der Waals surface area contributed by atoms with E-state index in [1.807, 2.05) is 18.2 Å². The second-order valence-corrected chi connectivity index (χ2v) is 6.21. The third-order valence-electron chi connectivity index (χ3n) is 2.30. The van der Waals surface area contributed by atoms with Gasteiger partial charge < -0.3 is 9.47 Å². The van der Waals surface area contributed by atoms with Crippen LogP contribution in [0.25, 0.3) is 0 Å². The smallest absolute Gasteiger partial charge is 0.360 e. The molecule has 1 atom stereocenters. The summed E-state index contributed by atoms with van der Waals surface area (Å²) in [7, 11) is 1.96. The average Bonchev–Trinajstić information content (AvgIpc) is 2.48. The predicted octanol–water partition coefficient (Wildman–Crippen LogP) is 3.49. The normalized spacial score (nSPS) is 12.0. The molecule has 0 radical (unpaired) electrons. The predicted molar refractivity (Wildman–Crippen MR) is 84.9 cm³/mol. The Bertz CT molecular complexity index is 631. The summed E-state index contributed by atoms with van der Waals surface area (Å²) in [6.45, 7) is 0.690. The summed E-state index contributed by atoms with van der Waals surface area (Å²) in [5.41, 5.74) is 1.32. The average molecular weight is 345 g/mol. The molecule has 2 aromatic carbocycles. The van der Waals surface area contributed by atoms with Gasteiger partial charge in [0, 0.05) is 17.8 Å². The lowest BCUT2D eigenvalue weighted by Crippen LogP contribution is -2.24. The molecular weight excluding hydrogens is 328 g/mol. The van der Waals surface area contributed by atoms with Crippen molar-refractivity contribution in [3.63, 3.8) is 0 Å². The maximum absolute atomic E-state index is 10.6. The SMILES string of the molecule is COC(Oc1ccccc1)OS(=O)(=O)Cl.Cc1ccccc1. The Morgan fingerprint density at radius 2 is 1.45 bits per heavy atom. The van der Waals surface area contributed by atoms with Crippen molar-refractivity contribution in [3.8, 4) is 5.75 Å². The van der Waals surface area contributed by atoms with Crippen LogP contribution in [0.15, 0.2) is 60.7 Å². The van der Waals surface area contributed by atoms with Crippen molar-refractivity contribution in [2.75, 3.05) is 7.11 Å². The Morgan fingerprint density at radius 1 is 0.955 bits per heavy atom. The van der Waals surface area contributed by atoms with E-state index in [-0.39, 0.29) is 0 Å². The highest BCUT2D eigenvalue weighted by atomic mass is 35.7. The second kappa shape index (κ2) is 9.42. The molecule has 120 valence electrons. The number of methoxy groups -OCH3 is 1. The highest BCUT2D eigenvalue weighted by molar-refractivity contribution is 8.10. The van der Waals surface area contributed by atoms with E-state index in [9.17, 15) is 8.42 Å². The van der Waals surface area contributed by atoms with Crippen LogP contribution in [0.1, 0.15) is 5.56 Å². The van der Waals surface area contributed by atoms with Crippen molar-refractivity contribution in [3.05, 3.63) is 66.2 Å². The lowest BCUT2D eigenvalue weighted by Gasteiger charge is -2.14. The molecule has 1 unspecified atom stereocenters. The van der Waals surface area contributed by atoms with Gasteiger partial charge in [0.1, 0.15) is 5.75 Å². The van der Waals surface area contributed by atoms with Crippen LogP contribution in [0.4, 0.5) is 0 Å². The molecule has 7 heteroatoms. The zero-order valence-corrected chi connectivity index (χ0v) is 13.8. The van der Waals surface area contributed by atoms with E-state index < -0.39 is 15.8 Å². The molecule has 0 bridgehead atoms. The molecule has 22 heavy (non-hydrogen) atoms. The topological polar surface area (TPSA) is 61.8 Å². The van der Waals surface area contributed by atoms with E-state index in [0.717, 1.165) is 0 Å². The minimum Gasteiger partial charge on any atom is -0.440 e. The van der Waals surface area contributed by atoms with E-state index in [4.69, 9.17) is 15.4 Å². The summed E-state index contributed by atoms with van der Waals surface area (Å²) in [6.07, 6.45) is 0. The standard InChI is InChI=1S/C8H9ClO5S.C7H8/c1-12-8(14-15(9,10)11)13-7-5-3-2-4-6-7;1-7-5-3-2-4-6-7/h2-6,8H,1H3;2-6H,1H3. The monoisotopic (exact) mass is 344 g/mol. The molecule has 0 fully saturated rings. The first kappa shape index (κ1) is 18.4. The van der Waals surface area contributed by atoms with Crippen molar-refractivity contribution in [1.29, 1.82) is 0 Å². The first-order valence-corrected chi connectivity index (χ1v) is 8.53. The molecule has 0 N–H and O–H groups in total. The molecule has 0 amide bonds. The molecule has 0 aliphatic heterocycles. The van der Waals surface area contributed by atoms with E-state index >= 15 is 0 Å². The first-order valence-electron chi connectivity index (χ1n) is 6.30. The van der Waals surface area contributed by atoms with Gasteiger partial charge in [-0.05, 0) is 19.1 Å². The molecule has 0 saturated heterocycles. The molecule has 0 saturated carbocycles. The molecule has 0 aliphatic rings. The van der Waals surface area contributed by atoms with Crippen LogP contribution in [-0.4, -0.2) is 22.0 Å². The van der Waals surface area contributed by atoms with Crippen molar-refractivity contribution in [2.24, 2.45) is 0 Å². The quantitative estimate of drug-likeness (QED) is 0.613. The van der Waals surface area contributed by atoms with Gasteiger partial charge in [-0.15, -0.1) is 0 Å². The Balaban J connectivity index is 0.000000287. The molecule has 2 rings (SSSR count). The highest BCUT2D eigenvalue weighted by Gasteiger charge is 2.17. The highest BCUT2D eigenvalue weighted by Crippen LogP contribution is 2.14.